The van der Waals surface area contributed by atoms with Crippen LogP contribution in [0.3, 0.4) is 0 Å². The summed E-state index contributed by atoms with van der Waals surface area (Å²) in [5, 5.41) is 3.35. The normalized spacial score (nSPS) is 10.3. The van der Waals surface area contributed by atoms with E-state index in [2.05, 4.69) is 5.32 Å². The van der Waals surface area contributed by atoms with E-state index in [1.54, 1.807) is 7.11 Å². The van der Waals surface area contributed by atoms with Gasteiger partial charge in [0.2, 0.25) is 0 Å². The van der Waals surface area contributed by atoms with Crippen molar-refractivity contribution in [2.45, 2.75) is 12.8 Å². The molecule has 0 aliphatic rings. The fourth-order valence-electron chi connectivity index (χ4n) is 1.37. The maximum Gasteiger partial charge on any atom is 0.119 e. The van der Waals surface area contributed by atoms with Crippen LogP contribution in [0.2, 0.25) is 0 Å². The van der Waals surface area contributed by atoms with Gasteiger partial charge in [-0.05, 0) is 38.1 Å². The molecule has 1 rings (SSSR count). The molecule has 0 heterocycles. The Balaban J connectivity index is 1.89. The molecule has 0 aliphatic carbocycles. The lowest BCUT2D eigenvalue weighted by Crippen LogP contribution is -2.19. The van der Waals surface area contributed by atoms with Crippen LogP contribution in [-0.2, 0) is 4.74 Å². The zero-order valence-electron chi connectivity index (χ0n) is 9.95. The minimum atomic E-state index is 0.765. The maximum absolute atomic E-state index is 5.57. The summed E-state index contributed by atoms with van der Waals surface area (Å²) in [5.41, 5.74) is 0. The number of methoxy groups -OCH3 is 1. The van der Waals surface area contributed by atoms with Crippen LogP contribution in [0.5, 0.6) is 5.75 Å². The van der Waals surface area contributed by atoms with Crippen LogP contribution in [0, 0.1) is 0 Å². The zero-order valence-corrected chi connectivity index (χ0v) is 9.95. The van der Waals surface area contributed by atoms with E-state index in [4.69, 9.17) is 9.47 Å². The van der Waals surface area contributed by atoms with E-state index in [9.17, 15) is 0 Å². The minimum Gasteiger partial charge on any atom is -0.494 e. The number of ether oxygens (including phenoxy) is 2. The number of rotatable bonds is 9. The van der Waals surface area contributed by atoms with Gasteiger partial charge < -0.3 is 14.8 Å². The van der Waals surface area contributed by atoms with Crippen LogP contribution in [0.25, 0.3) is 0 Å². The van der Waals surface area contributed by atoms with Crippen molar-refractivity contribution >= 4 is 0 Å². The van der Waals surface area contributed by atoms with Gasteiger partial charge >= 0.3 is 0 Å². The average molecular weight is 223 g/mol. The Morgan fingerprint density at radius 1 is 1.00 bits per heavy atom. The standard InChI is InChI=1S/C13H21NO2/c1-15-11-5-9-14-10-6-12-16-13-7-3-2-4-8-13/h2-4,7-8,14H,5-6,9-12H2,1H3. The molecule has 0 unspecified atom stereocenters. The van der Waals surface area contributed by atoms with Crippen LogP contribution < -0.4 is 10.1 Å². The predicted octanol–water partition coefficient (Wildman–Crippen LogP) is 2.08. The fourth-order valence-corrected chi connectivity index (χ4v) is 1.37. The van der Waals surface area contributed by atoms with E-state index in [0.29, 0.717) is 0 Å². The highest BCUT2D eigenvalue weighted by Gasteiger charge is 1.92. The van der Waals surface area contributed by atoms with Gasteiger partial charge in [0.15, 0.2) is 0 Å². The molecular weight excluding hydrogens is 202 g/mol. The summed E-state index contributed by atoms with van der Waals surface area (Å²) < 4.78 is 10.5. The van der Waals surface area contributed by atoms with Crippen LogP contribution in [0.15, 0.2) is 30.3 Å². The van der Waals surface area contributed by atoms with E-state index in [0.717, 1.165) is 44.9 Å². The molecule has 0 saturated heterocycles. The second-order valence-corrected chi connectivity index (χ2v) is 3.61. The molecule has 0 fully saturated rings. The van der Waals surface area contributed by atoms with Gasteiger partial charge in [-0.2, -0.15) is 0 Å². The molecule has 3 heteroatoms. The summed E-state index contributed by atoms with van der Waals surface area (Å²) in [6.07, 6.45) is 2.10. The molecular formula is C13H21NO2. The van der Waals surface area contributed by atoms with Gasteiger partial charge in [-0.15, -0.1) is 0 Å². The molecule has 3 nitrogen and oxygen atoms in total. The van der Waals surface area contributed by atoms with Crippen molar-refractivity contribution in [3.63, 3.8) is 0 Å². The summed E-state index contributed by atoms with van der Waals surface area (Å²) in [7, 11) is 1.73. The summed E-state index contributed by atoms with van der Waals surface area (Å²) in [6, 6.07) is 9.92. The molecule has 0 aromatic heterocycles. The molecule has 0 amide bonds. The lowest BCUT2D eigenvalue weighted by Gasteiger charge is -2.06. The first-order valence-electron chi connectivity index (χ1n) is 5.81. The van der Waals surface area contributed by atoms with Crippen LogP contribution >= 0.6 is 0 Å². The van der Waals surface area contributed by atoms with E-state index in [1.807, 2.05) is 30.3 Å². The number of nitrogens with one attached hydrogen (secondary N) is 1. The highest BCUT2D eigenvalue weighted by molar-refractivity contribution is 5.20. The van der Waals surface area contributed by atoms with Crippen molar-refractivity contribution in [3.8, 4) is 5.75 Å². The Hall–Kier alpha value is -1.06. The molecule has 1 N–H and O–H groups in total. The van der Waals surface area contributed by atoms with Gasteiger partial charge in [0, 0.05) is 13.7 Å². The van der Waals surface area contributed by atoms with Crippen molar-refractivity contribution in [2.75, 3.05) is 33.4 Å². The monoisotopic (exact) mass is 223 g/mol. The third-order valence-corrected chi connectivity index (χ3v) is 2.21. The smallest absolute Gasteiger partial charge is 0.119 e. The molecule has 0 saturated carbocycles. The molecule has 0 radical (unpaired) electrons. The van der Waals surface area contributed by atoms with Crippen molar-refractivity contribution < 1.29 is 9.47 Å². The zero-order chi connectivity index (χ0) is 11.5. The lowest BCUT2D eigenvalue weighted by atomic mass is 10.3. The van der Waals surface area contributed by atoms with Crippen molar-refractivity contribution in [1.82, 2.24) is 5.32 Å². The topological polar surface area (TPSA) is 30.5 Å². The van der Waals surface area contributed by atoms with Crippen LogP contribution in [0.1, 0.15) is 12.8 Å². The SMILES string of the molecule is COCCCNCCCOc1ccccc1. The van der Waals surface area contributed by atoms with Gasteiger partial charge in [0.05, 0.1) is 6.61 Å². The first-order chi connectivity index (χ1) is 7.93. The van der Waals surface area contributed by atoms with E-state index >= 15 is 0 Å². The summed E-state index contributed by atoms with van der Waals surface area (Å²) in [5.74, 6) is 0.946. The number of para-hydroxylation sites is 1. The van der Waals surface area contributed by atoms with Crippen molar-refractivity contribution in [1.29, 1.82) is 0 Å². The third kappa shape index (κ3) is 6.43. The Morgan fingerprint density at radius 2 is 1.69 bits per heavy atom. The van der Waals surface area contributed by atoms with Gasteiger partial charge in [-0.25, -0.2) is 0 Å². The molecule has 0 atom stereocenters. The summed E-state index contributed by atoms with van der Waals surface area (Å²) in [4.78, 5) is 0. The summed E-state index contributed by atoms with van der Waals surface area (Å²) in [6.45, 7) is 3.60. The second-order valence-electron chi connectivity index (χ2n) is 3.61. The highest BCUT2D eigenvalue weighted by atomic mass is 16.5. The quantitative estimate of drug-likeness (QED) is 0.650. The summed E-state index contributed by atoms with van der Waals surface area (Å²) >= 11 is 0. The molecule has 90 valence electrons. The Morgan fingerprint density at radius 3 is 2.38 bits per heavy atom. The van der Waals surface area contributed by atoms with Gasteiger partial charge in [0.25, 0.3) is 0 Å². The maximum atomic E-state index is 5.57. The first kappa shape index (κ1) is 13.0. The van der Waals surface area contributed by atoms with Crippen LogP contribution in [0.4, 0.5) is 0 Å². The predicted molar refractivity (Wildman–Crippen MR) is 65.9 cm³/mol. The van der Waals surface area contributed by atoms with Gasteiger partial charge in [0.1, 0.15) is 5.75 Å². The van der Waals surface area contributed by atoms with E-state index in [1.165, 1.54) is 0 Å². The number of hydrogen-bond donors (Lipinski definition) is 1. The van der Waals surface area contributed by atoms with Gasteiger partial charge in [-0.1, -0.05) is 18.2 Å². The second kappa shape index (κ2) is 9.19. The van der Waals surface area contributed by atoms with Crippen molar-refractivity contribution in [3.05, 3.63) is 30.3 Å². The van der Waals surface area contributed by atoms with Gasteiger partial charge in [-0.3, -0.25) is 0 Å². The molecule has 1 aromatic carbocycles. The molecule has 0 spiro atoms. The molecule has 16 heavy (non-hydrogen) atoms. The Labute approximate surface area is 97.8 Å². The third-order valence-electron chi connectivity index (χ3n) is 2.21. The van der Waals surface area contributed by atoms with Crippen LogP contribution in [-0.4, -0.2) is 33.4 Å². The van der Waals surface area contributed by atoms with E-state index < -0.39 is 0 Å². The number of benzene rings is 1. The Bertz CT molecular complexity index is 251. The lowest BCUT2D eigenvalue weighted by molar-refractivity contribution is 0.194. The first-order valence-corrected chi connectivity index (χ1v) is 5.81. The fraction of sp³-hybridized carbons (Fsp3) is 0.538. The van der Waals surface area contributed by atoms with E-state index in [-0.39, 0.29) is 0 Å². The minimum absolute atomic E-state index is 0.765. The Kier molecular flexibility index (Phi) is 7.47. The average Bonchev–Trinajstić information content (AvgIpc) is 2.34. The highest BCUT2D eigenvalue weighted by Crippen LogP contribution is 2.07. The molecule has 0 aliphatic heterocycles. The molecule has 0 bridgehead atoms. The largest absolute Gasteiger partial charge is 0.494 e. The van der Waals surface area contributed by atoms with Crippen molar-refractivity contribution in [2.24, 2.45) is 0 Å². The number of hydrogen-bond acceptors (Lipinski definition) is 3. The molecule has 1 aromatic rings.